The van der Waals surface area contributed by atoms with E-state index >= 15 is 0 Å². The van der Waals surface area contributed by atoms with Gasteiger partial charge in [0.25, 0.3) is 5.91 Å². The highest BCUT2D eigenvalue weighted by Gasteiger charge is 2.42. The summed E-state index contributed by atoms with van der Waals surface area (Å²) in [4.78, 5) is 19.1. The number of carbonyl (C=O) groups is 1. The molecule has 0 unspecified atom stereocenters. The SMILES string of the molecule is CN1C(=N)N(CCC2CCCCC2)[C@H](C[C@@H]2CCC[C@H](N3CC[C@H](O)C3)C2)C1=O. The predicted molar refractivity (Wildman–Crippen MR) is 115 cm³/mol. The van der Waals surface area contributed by atoms with Crippen molar-refractivity contribution < 1.29 is 9.90 Å². The van der Waals surface area contributed by atoms with Crippen molar-refractivity contribution >= 4 is 11.9 Å². The minimum atomic E-state index is -0.156. The fraction of sp³-hybridized carbons (Fsp3) is 0.913. The van der Waals surface area contributed by atoms with Crippen molar-refractivity contribution in [1.82, 2.24) is 14.7 Å². The summed E-state index contributed by atoms with van der Waals surface area (Å²) in [7, 11) is 1.77. The highest BCUT2D eigenvalue weighted by Crippen LogP contribution is 2.35. The molecule has 0 aromatic rings. The van der Waals surface area contributed by atoms with Crippen LogP contribution in [0.1, 0.15) is 77.0 Å². The zero-order valence-corrected chi connectivity index (χ0v) is 18.2. The third-order valence-electron chi connectivity index (χ3n) is 8.11. The molecule has 6 heteroatoms. The number of likely N-dealkylation sites (N-methyl/N-ethyl adjacent to an activating group) is 1. The number of likely N-dealkylation sites (tertiary alicyclic amines) is 1. The van der Waals surface area contributed by atoms with Crippen LogP contribution in [0.15, 0.2) is 0 Å². The van der Waals surface area contributed by atoms with Crippen molar-refractivity contribution in [3.63, 3.8) is 0 Å². The summed E-state index contributed by atoms with van der Waals surface area (Å²) in [5.41, 5.74) is 0. The molecule has 2 heterocycles. The molecule has 4 atom stereocenters. The Bertz CT molecular complexity index is 591. The zero-order valence-electron chi connectivity index (χ0n) is 18.2. The average Bonchev–Trinajstić information content (AvgIpc) is 3.26. The number of hydrogen-bond acceptors (Lipinski definition) is 4. The molecular formula is C23H40N4O2. The molecular weight excluding hydrogens is 364 g/mol. The second-order valence-corrected chi connectivity index (χ2v) is 10.1. The molecule has 6 nitrogen and oxygen atoms in total. The van der Waals surface area contributed by atoms with Gasteiger partial charge in [0.1, 0.15) is 6.04 Å². The third kappa shape index (κ3) is 4.79. The summed E-state index contributed by atoms with van der Waals surface area (Å²) < 4.78 is 0. The van der Waals surface area contributed by atoms with Crippen LogP contribution in [0.2, 0.25) is 0 Å². The second kappa shape index (κ2) is 9.34. The highest BCUT2D eigenvalue weighted by molar-refractivity contribution is 6.04. The summed E-state index contributed by atoms with van der Waals surface area (Å²) in [6.45, 7) is 2.70. The van der Waals surface area contributed by atoms with Gasteiger partial charge < -0.3 is 10.0 Å². The van der Waals surface area contributed by atoms with Crippen molar-refractivity contribution in [3.8, 4) is 0 Å². The molecule has 164 valence electrons. The molecule has 2 saturated carbocycles. The van der Waals surface area contributed by atoms with Crippen LogP contribution in [-0.2, 0) is 4.79 Å². The van der Waals surface area contributed by atoms with Gasteiger partial charge >= 0.3 is 0 Å². The van der Waals surface area contributed by atoms with Gasteiger partial charge in [-0.05, 0) is 43.9 Å². The number of β-amino-alcohol motifs (C(OH)–C–C–N with tert-alkyl or cyclic N) is 1. The van der Waals surface area contributed by atoms with Gasteiger partial charge in [-0.1, -0.05) is 44.9 Å². The molecule has 2 aliphatic carbocycles. The van der Waals surface area contributed by atoms with E-state index in [2.05, 4.69) is 9.80 Å². The first kappa shape index (κ1) is 21.1. The van der Waals surface area contributed by atoms with Gasteiger partial charge in [-0.2, -0.15) is 0 Å². The Hall–Kier alpha value is -1.14. The van der Waals surface area contributed by atoms with Crippen LogP contribution >= 0.6 is 0 Å². The maximum Gasteiger partial charge on any atom is 0.251 e. The Balaban J connectivity index is 1.35. The number of guanidine groups is 1. The number of aliphatic hydroxyl groups is 1. The van der Waals surface area contributed by atoms with Crippen LogP contribution in [0, 0.1) is 17.2 Å². The summed E-state index contributed by atoms with van der Waals surface area (Å²) in [5.74, 6) is 1.86. The molecule has 4 aliphatic rings. The van der Waals surface area contributed by atoms with E-state index in [1.165, 1.54) is 51.4 Å². The first-order valence-electron chi connectivity index (χ1n) is 12.1. The number of nitrogens with zero attached hydrogens (tertiary/aromatic N) is 3. The lowest BCUT2D eigenvalue weighted by atomic mass is 9.81. The summed E-state index contributed by atoms with van der Waals surface area (Å²) in [5, 5.41) is 18.4. The van der Waals surface area contributed by atoms with E-state index < -0.39 is 0 Å². The molecule has 0 aromatic carbocycles. The van der Waals surface area contributed by atoms with Gasteiger partial charge in [-0.3, -0.25) is 20.0 Å². The van der Waals surface area contributed by atoms with Gasteiger partial charge in [-0.15, -0.1) is 0 Å². The van der Waals surface area contributed by atoms with Crippen LogP contribution in [0.25, 0.3) is 0 Å². The lowest BCUT2D eigenvalue weighted by Crippen LogP contribution is -2.41. The molecule has 1 amide bonds. The topological polar surface area (TPSA) is 70.9 Å². The Morgan fingerprint density at radius 3 is 2.52 bits per heavy atom. The molecule has 4 rings (SSSR count). The average molecular weight is 405 g/mol. The van der Waals surface area contributed by atoms with Crippen molar-refractivity contribution in [3.05, 3.63) is 0 Å². The summed E-state index contributed by atoms with van der Waals surface area (Å²) in [6, 6.07) is 0.430. The molecule has 2 N–H and O–H groups in total. The van der Waals surface area contributed by atoms with E-state index in [9.17, 15) is 9.90 Å². The molecule has 0 aromatic heterocycles. The standard InChI is InChI=1S/C23H40N4O2/c1-25-22(29)21(27(23(25)24)13-10-17-6-3-2-4-7-17)15-18-8-5-9-19(14-18)26-12-11-20(28)16-26/h17-21,24,28H,2-16H2,1H3/t18-,19+,20+,21-/m1/s1. The van der Waals surface area contributed by atoms with Crippen molar-refractivity contribution in [2.45, 2.75) is 95.2 Å². The number of nitrogens with one attached hydrogen (secondary N) is 1. The molecule has 4 fully saturated rings. The van der Waals surface area contributed by atoms with Crippen LogP contribution in [0.4, 0.5) is 0 Å². The smallest absolute Gasteiger partial charge is 0.251 e. The van der Waals surface area contributed by atoms with E-state index in [0.29, 0.717) is 17.9 Å². The largest absolute Gasteiger partial charge is 0.392 e. The minimum absolute atomic E-state index is 0.123. The maximum atomic E-state index is 12.9. The highest BCUT2D eigenvalue weighted by atomic mass is 16.3. The number of carbonyl (C=O) groups excluding carboxylic acids is 1. The molecule has 29 heavy (non-hydrogen) atoms. The van der Waals surface area contributed by atoms with Crippen molar-refractivity contribution in [1.29, 1.82) is 5.41 Å². The van der Waals surface area contributed by atoms with E-state index in [0.717, 1.165) is 51.2 Å². The van der Waals surface area contributed by atoms with E-state index in [1.807, 2.05) is 0 Å². The summed E-state index contributed by atoms with van der Waals surface area (Å²) in [6.07, 6.45) is 14.3. The minimum Gasteiger partial charge on any atom is -0.392 e. The lowest BCUT2D eigenvalue weighted by Gasteiger charge is -2.37. The number of aliphatic hydroxyl groups excluding tert-OH is 1. The van der Waals surface area contributed by atoms with Gasteiger partial charge in [0.2, 0.25) is 5.96 Å². The Morgan fingerprint density at radius 1 is 1.03 bits per heavy atom. The molecule has 2 aliphatic heterocycles. The maximum absolute atomic E-state index is 12.9. The van der Waals surface area contributed by atoms with Gasteiger partial charge in [0.15, 0.2) is 0 Å². The Labute approximate surface area is 176 Å². The zero-order chi connectivity index (χ0) is 20.4. The number of hydrogen-bond donors (Lipinski definition) is 2. The lowest BCUT2D eigenvalue weighted by molar-refractivity contribution is -0.127. The molecule has 0 bridgehead atoms. The first-order valence-corrected chi connectivity index (χ1v) is 12.1. The second-order valence-electron chi connectivity index (χ2n) is 10.1. The van der Waals surface area contributed by atoms with Crippen LogP contribution in [-0.4, -0.2) is 76.5 Å². The van der Waals surface area contributed by atoms with Crippen LogP contribution in [0.5, 0.6) is 0 Å². The number of amides is 1. The Kier molecular flexibility index (Phi) is 6.80. The van der Waals surface area contributed by atoms with Crippen LogP contribution in [0.3, 0.4) is 0 Å². The normalized spacial score (nSPS) is 35.1. The number of rotatable bonds is 6. The van der Waals surface area contributed by atoms with Gasteiger partial charge in [0.05, 0.1) is 6.10 Å². The van der Waals surface area contributed by atoms with Gasteiger partial charge in [0, 0.05) is 32.7 Å². The molecule has 0 radical (unpaired) electrons. The Morgan fingerprint density at radius 2 is 1.79 bits per heavy atom. The van der Waals surface area contributed by atoms with Gasteiger partial charge in [-0.25, -0.2) is 0 Å². The fourth-order valence-corrected chi connectivity index (χ4v) is 6.31. The predicted octanol–water partition coefficient (Wildman–Crippen LogP) is 3.05. The van der Waals surface area contributed by atoms with Crippen molar-refractivity contribution in [2.75, 3.05) is 26.7 Å². The summed E-state index contributed by atoms with van der Waals surface area (Å²) >= 11 is 0. The molecule has 0 spiro atoms. The van der Waals surface area contributed by atoms with Crippen LogP contribution < -0.4 is 0 Å². The first-order chi connectivity index (χ1) is 14.0. The third-order valence-corrected chi connectivity index (χ3v) is 8.11. The monoisotopic (exact) mass is 404 g/mol. The quantitative estimate of drug-likeness (QED) is 0.714. The van der Waals surface area contributed by atoms with E-state index in [1.54, 1.807) is 11.9 Å². The van der Waals surface area contributed by atoms with Crippen molar-refractivity contribution in [2.24, 2.45) is 11.8 Å². The van der Waals surface area contributed by atoms with E-state index in [-0.39, 0.29) is 18.1 Å². The molecule has 2 saturated heterocycles. The fourth-order valence-electron chi connectivity index (χ4n) is 6.31. The van der Waals surface area contributed by atoms with E-state index in [4.69, 9.17) is 5.41 Å².